The molecule has 0 amide bonds. The normalized spacial score (nSPS) is 22.4. The van der Waals surface area contributed by atoms with Crippen molar-refractivity contribution in [3.63, 3.8) is 0 Å². The molecule has 1 aromatic carbocycles. The molecule has 0 aliphatic heterocycles. The molecule has 0 saturated heterocycles. The van der Waals surface area contributed by atoms with E-state index in [9.17, 15) is 26.7 Å². The summed E-state index contributed by atoms with van der Waals surface area (Å²) in [6.45, 7) is 1.84. The molecule has 1 fully saturated rings. The van der Waals surface area contributed by atoms with Crippen LogP contribution in [-0.2, 0) is 0 Å². The van der Waals surface area contributed by atoms with Gasteiger partial charge in [-0.1, -0.05) is 26.2 Å². The van der Waals surface area contributed by atoms with Gasteiger partial charge in [0.25, 0.3) is 0 Å². The molecular formula is C15H15F5O. The lowest BCUT2D eigenvalue weighted by molar-refractivity contribution is 0.0808. The molecule has 0 N–H and O–H groups in total. The van der Waals surface area contributed by atoms with Crippen LogP contribution in [0.25, 0.3) is 0 Å². The number of Topliss-reactive ketones (excluding diaryl/α,β-unsaturated/α-hetero) is 1. The predicted molar refractivity (Wildman–Crippen MR) is 66.3 cm³/mol. The zero-order chi connectivity index (χ0) is 15.7. The Morgan fingerprint density at radius 3 is 1.90 bits per heavy atom. The first kappa shape index (κ1) is 15.9. The lowest BCUT2D eigenvalue weighted by Gasteiger charge is -2.29. The first-order valence-electron chi connectivity index (χ1n) is 6.95. The van der Waals surface area contributed by atoms with E-state index < -0.39 is 46.4 Å². The van der Waals surface area contributed by atoms with Crippen molar-refractivity contribution in [1.82, 2.24) is 0 Å². The van der Waals surface area contributed by atoms with E-state index in [0.717, 1.165) is 12.8 Å². The zero-order valence-corrected chi connectivity index (χ0v) is 11.5. The fraction of sp³-hybridized carbons (Fsp3) is 0.533. The number of carbonyl (C=O) groups is 1. The standard InChI is InChI=1S/C15H15F5O/c1-2-7-5-3-4-6-8(7)15(21)9-10(16)12(18)14(20)13(19)11(9)17/h7-8H,2-6H2,1H3. The summed E-state index contributed by atoms with van der Waals surface area (Å²) >= 11 is 0. The molecule has 2 atom stereocenters. The van der Waals surface area contributed by atoms with Crippen LogP contribution in [-0.4, -0.2) is 5.78 Å². The van der Waals surface area contributed by atoms with Crippen LogP contribution in [0.5, 0.6) is 0 Å². The van der Waals surface area contributed by atoms with Crippen LogP contribution in [0.15, 0.2) is 0 Å². The van der Waals surface area contributed by atoms with E-state index in [2.05, 4.69) is 0 Å². The summed E-state index contributed by atoms with van der Waals surface area (Å²) in [5.41, 5.74) is -1.29. The predicted octanol–water partition coefficient (Wildman–Crippen LogP) is 4.78. The van der Waals surface area contributed by atoms with E-state index in [1.165, 1.54) is 0 Å². The number of hydrogen-bond donors (Lipinski definition) is 0. The number of ketones is 1. The average Bonchev–Trinajstić information content (AvgIpc) is 2.51. The average molecular weight is 306 g/mol. The van der Waals surface area contributed by atoms with Crippen molar-refractivity contribution in [2.45, 2.75) is 39.0 Å². The van der Waals surface area contributed by atoms with E-state index in [4.69, 9.17) is 0 Å². The fourth-order valence-electron chi connectivity index (χ4n) is 3.05. The third kappa shape index (κ3) is 2.68. The van der Waals surface area contributed by atoms with Gasteiger partial charge in [-0.3, -0.25) is 4.79 Å². The van der Waals surface area contributed by atoms with Gasteiger partial charge in [0.05, 0.1) is 5.56 Å². The SMILES string of the molecule is CCC1CCCCC1C(=O)c1c(F)c(F)c(F)c(F)c1F. The van der Waals surface area contributed by atoms with Crippen molar-refractivity contribution < 1.29 is 26.7 Å². The second kappa shape index (κ2) is 6.12. The third-order valence-electron chi connectivity index (χ3n) is 4.23. The molecule has 0 spiro atoms. The Morgan fingerprint density at radius 1 is 0.905 bits per heavy atom. The quantitative estimate of drug-likeness (QED) is 0.340. The Kier molecular flexibility index (Phi) is 4.64. The summed E-state index contributed by atoms with van der Waals surface area (Å²) in [6.07, 6.45) is 3.38. The lowest BCUT2D eigenvalue weighted by Crippen LogP contribution is -2.29. The van der Waals surface area contributed by atoms with Gasteiger partial charge >= 0.3 is 0 Å². The van der Waals surface area contributed by atoms with Crippen molar-refractivity contribution in [1.29, 1.82) is 0 Å². The van der Waals surface area contributed by atoms with E-state index in [0.29, 0.717) is 19.3 Å². The minimum atomic E-state index is -2.24. The Morgan fingerprint density at radius 2 is 1.38 bits per heavy atom. The van der Waals surface area contributed by atoms with Gasteiger partial charge in [-0.05, 0) is 18.8 Å². The monoisotopic (exact) mass is 306 g/mol. The largest absolute Gasteiger partial charge is 0.294 e. The molecule has 1 saturated carbocycles. The van der Waals surface area contributed by atoms with Crippen molar-refractivity contribution in [3.8, 4) is 0 Å². The van der Waals surface area contributed by atoms with E-state index in [-0.39, 0.29) is 5.92 Å². The molecule has 0 heterocycles. The second-order valence-corrected chi connectivity index (χ2v) is 5.37. The Hall–Kier alpha value is -1.46. The van der Waals surface area contributed by atoms with E-state index >= 15 is 0 Å². The number of hydrogen-bond acceptors (Lipinski definition) is 1. The molecule has 0 aromatic heterocycles. The van der Waals surface area contributed by atoms with Crippen molar-refractivity contribution in [3.05, 3.63) is 34.6 Å². The van der Waals surface area contributed by atoms with Crippen molar-refractivity contribution in [2.75, 3.05) is 0 Å². The van der Waals surface area contributed by atoms with Crippen molar-refractivity contribution in [2.24, 2.45) is 11.8 Å². The van der Waals surface area contributed by atoms with Crippen LogP contribution in [0.3, 0.4) is 0 Å². The number of carbonyl (C=O) groups excluding carboxylic acids is 1. The molecule has 1 aromatic rings. The minimum absolute atomic E-state index is 0.0822. The Labute approximate surface area is 119 Å². The molecule has 116 valence electrons. The molecule has 1 aliphatic rings. The van der Waals surface area contributed by atoms with Crippen LogP contribution in [0.2, 0.25) is 0 Å². The Balaban J connectivity index is 2.48. The highest BCUT2D eigenvalue weighted by Crippen LogP contribution is 2.36. The summed E-state index contributed by atoms with van der Waals surface area (Å²) in [4.78, 5) is 12.3. The molecule has 1 aliphatic carbocycles. The van der Waals surface area contributed by atoms with Crippen molar-refractivity contribution >= 4 is 5.78 Å². The second-order valence-electron chi connectivity index (χ2n) is 5.37. The topological polar surface area (TPSA) is 17.1 Å². The summed E-state index contributed by atoms with van der Waals surface area (Å²) in [5, 5.41) is 0. The lowest BCUT2D eigenvalue weighted by atomic mass is 9.74. The number of benzene rings is 1. The molecule has 1 nitrogen and oxygen atoms in total. The van der Waals surface area contributed by atoms with Gasteiger partial charge in [-0.2, -0.15) is 0 Å². The van der Waals surface area contributed by atoms with Gasteiger partial charge in [-0.25, -0.2) is 22.0 Å². The molecule has 2 rings (SSSR count). The molecule has 2 unspecified atom stereocenters. The highest BCUT2D eigenvalue weighted by atomic mass is 19.2. The molecule has 21 heavy (non-hydrogen) atoms. The smallest absolute Gasteiger partial charge is 0.200 e. The summed E-state index contributed by atoms with van der Waals surface area (Å²) in [6, 6.07) is 0. The zero-order valence-electron chi connectivity index (χ0n) is 11.5. The molecule has 0 radical (unpaired) electrons. The number of rotatable bonds is 3. The van der Waals surface area contributed by atoms with E-state index in [1.807, 2.05) is 6.92 Å². The van der Waals surface area contributed by atoms with E-state index in [1.54, 1.807) is 0 Å². The van der Waals surface area contributed by atoms with Gasteiger partial charge in [0.1, 0.15) is 0 Å². The van der Waals surface area contributed by atoms with Gasteiger partial charge in [-0.15, -0.1) is 0 Å². The first-order chi connectivity index (χ1) is 9.90. The van der Waals surface area contributed by atoms with Gasteiger partial charge < -0.3 is 0 Å². The van der Waals surface area contributed by atoms with Crippen LogP contribution >= 0.6 is 0 Å². The van der Waals surface area contributed by atoms with Gasteiger partial charge in [0, 0.05) is 5.92 Å². The first-order valence-corrected chi connectivity index (χ1v) is 6.95. The van der Waals surface area contributed by atoms with Crippen LogP contribution in [0.4, 0.5) is 22.0 Å². The van der Waals surface area contributed by atoms with Crippen LogP contribution < -0.4 is 0 Å². The summed E-state index contributed by atoms with van der Waals surface area (Å²) in [5.74, 6) is -12.2. The molecular weight excluding hydrogens is 291 g/mol. The minimum Gasteiger partial charge on any atom is -0.294 e. The number of halogens is 5. The third-order valence-corrected chi connectivity index (χ3v) is 4.23. The molecule has 0 bridgehead atoms. The molecule has 6 heteroatoms. The highest BCUT2D eigenvalue weighted by molar-refractivity contribution is 5.98. The fourth-order valence-corrected chi connectivity index (χ4v) is 3.05. The van der Waals surface area contributed by atoms with Gasteiger partial charge in [0.15, 0.2) is 29.1 Å². The highest BCUT2D eigenvalue weighted by Gasteiger charge is 2.36. The van der Waals surface area contributed by atoms with Crippen LogP contribution in [0.1, 0.15) is 49.4 Å². The Bertz CT molecular complexity index is 541. The summed E-state index contributed by atoms with van der Waals surface area (Å²) < 4.78 is 66.8. The summed E-state index contributed by atoms with van der Waals surface area (Å²) in [7, 11) is 0. The maximum atomic E-state index is 13.7. The maximum absolute atomic E-state index is 13.7. The van der Waals surface area contributed by atoms with Crippen LogP contribution in [0, 0.1) is 40.9 Å². The van der Waals surface area contributed by atoms with Gasteiger partial charge in [0.2, 0.25) is 5.82 Å². The maximum Gasteiger partial charge on any atom is 0.200 e.